The molecular weight excluding hydrogens is 509 g/mol. The summed E-state index contributed by atoms with van der Waals surface area (Å²) in [5, 5.41) is 10.0. The van der Waals surface area contributed by atoms with Gasteiger partial charge in [0.25, 0.3) is 0 Å². The maximum absolute atomic E-state index is 11.3. The highest BCUT2D eigenvalue weighted by Gasteiger charge is 2.26. The molecule has 7 nitrogen and oxygen atoms in total. The number of oxazole rings is 1. The molecule has 0 fully saturated rings. The lowest BCUT2D eigenvalue weighted by Gasteiger charge is -2.27. The van der Waals surface area contributed by atoms with Crippen molar-refractivity contribution in [3.8, 4) is 11.8 Å². The SMILES string of the molecule is CC(C)(c1ccc(CCc2coc(NS(C)(=O)=O)n2)cc1)c1cc(Cl)c(OCCCCl)c(C#N)c1. The minimum atomic E-state index is -3.43. The topological polar surface area (TPSA) is 105 Å². The highest BCUT2D eigenvalue weighted by Crippen LogP contribution is 2.38. The van der Waals surface area contributed by atoms with Gasteiger partial charge in [-0.3, -0.25) is 0 Å². The Kier molecular flexibility index (Phi) is 8.70. The lowest BCUT2D eigenvalue weighted by atomic mass is 9.77. The molecule has 3 aromatic rings. The van der Waals surface area contributed by atoms with Gasteiger partial charge >= 0.3 is 6.01 Å². The normalized spacial score (nSPS) is 11.8. The average molecular weight is 536 g/mol. The first kappa shape index (κ1) is 26.9. The van der Waals surface area contributed by atoms with Crippen LogP contribution in [0.2, 0.25) is 5.02 Å². The van der Waals surface area contributed by atoms with Crippen LogP contribution in [0.25, 0.3) is 0 Å². The van der Waals surface area contributed by atoms with E-state index in [1.54, 1.807) is 0 Å². The van der Waals surface area contributed by atoms with Crippen LogP contribution in [-0.2, 0) is 28.3 Å². The predicted molar refractivity (Wildman–Crippen MR) is 138 cm³/mol. The summed E-state index contributed by atoms with van der Waals surface area (Å²) in [6.45, 7) is 4.55. The maximum Gasteiger partial charge on any atom is 0.308 e. The number of alkyl halides is 1. The van der Waals surface area contributed by atoms with Gasteiger partial charge in [0.15, 0.2) is 5.75 Å². The van der Waals surface area contributed by atoms with Crippen molar-refractivity contribution < 1.29 is 17.6 Å². The number of aryl methyl sites for hydroxylation is 2. The summed E-state index contributed by atoms with van der Waals surface area (Å²) in [7, 11) is -3.43. The Morgan fingerprint density at radius 2 is 1.89 bits per heavy atom. The molecule has 0 atom stereocenters. The van der Waals surface area contributed by atoms with E-state index in [0.717, 1.165) is 22.9 Å². The van der Waals surface area contributed by atoms with E-state index in [0.29, 0.717) is 53.8 Å². The third-order valence-electron chi connectivity index (χ3n) is 5.58. The summed E-state index contributed by atoms with van der Waals surface area (Å²) in [4.78, 5) is 4.15. The zero-order chi connectivity index (χ0) is 25.6. The number of nitrogens with one attached hydrogen (secondary N) is 1. The van der Waals surface area contributed by atoms with E-state index in [2.05, 4.69) is 41.8 Å². The van der Waals surface area contributed by atoms with Gasteiger partial charge in [-0.1, -0.05) is 49.7 Å². The van der Waals surface area contributed by atoms with Crippen molar-refractivity contribution in [3.05, 3.63) is 75.6 Å². The molecule has 0 unspecified atom stereocenters. The third kappa shape index (κ3) is 7.14. The summed E-state index contributed by atoms with van der Waals surface area (Å²) in [5.41, 5.74) is 3.73. The molecule has 0 aliphatic carbocycles. The van der Waals surface area contributed by atoms with Gasteiger partial charge < -0.3 is 9.15 Å². The van der Waals surface area contributed by atoms with Gasteiger partial charge in [-0.25, -0.2) is 13.1 Å². The Morgan fingerprint density at radius 1 is 1.17 bits per heavy atom. The van der Waals surface area contributed by atoms with Gasteiger partial charge in [-0.15, -0.1) is 11.6 Å². The molecule has 1 N–H and O–H groups in total. The smallest absolute Gasteiger partial charge is 0.308 e. The molecule has 10 heteroatoms. The van der Waals surface area contributed by atoms with Gasteiger partial charge in [0.2, 0.25) is 10.0 Å². The average Bonchev–Trinajstić information content (AvgIpc) is 3.24. The molecule has 2 aromatic carbocycles. The monoisotopic (exact) mass is 535 g/mol. The van der Waals surface area contributed by atoms with E-state index in [4.69, 9.17) is 32.4 Å². The van der Waals surface area contributed by atoms with E-state index in [1.165, 1.54) is 6.26 Å². The molecule has 0 radical (unpaired) electrons. The zero-order valence-electron chi connectivity index (χ0n) is 19.8. The molecule has 0 amide bonds. The molecular formula is C25H27Cl2N3O4S. The number of ether oxygens (including phenoxy) is 1. The van der Waals surface area contributed by atoms with Crippen molar-refractivity contribution in [2.75, 3.05) is 23.5 Å². The summed E-state index contributed by atoms with van der Waals surface area (Å²) >= 11 is 12.2. The fourth-order valence-corrected chi connectivity index (χ4v) is 4.36. The number of sulfonamides is 1. The van der Waals surface area contributed by atoms with Gasteiger partial charge in [0.1, 0.15) is 12.3 Å². The van der Waals surface area contributed by atoms with Gasteiger partial charge in [0, 0.05) is 11.3 Å². The second-order valence-electron chi connectivity index (χ2n) is 8.68. The van der Waals surface area contributed by atoms with Crippen LogP contribution < -0.4 is 9.46 Å². The van der Waals surface area contributed by atoms with Gasteiger partial charge in [0.05, 0.1) is 29.1 Å². The number of benzene rings is 2. The first-order valence-electron chi connectivity index (χ1n) is 11.0. The molecule has 0 saturated carbocycles. The molecule has 0 aliphatic rings. The van der Waals surface area contributed by atoms with Crippen molar-refractivity contribution in [1.29, 1.82) is 5.26 Å². The first-order valence-corrected chi connectivity index (χ1v) is 13.8. The van der Waals surface area contributed by atoms with Crippen LogP contribution in [-0.4, -0.2) is 32.1 Å². The Morgan fingerprint density at radius 3 is 2.51 bits per heavy atom. The van der Waals surface area contributed by atoms with Crippen molar-refractivity contribution in [2.45, 2.75) is 38.5 Å². The summed E-state index contributed by atoms with van der Waals surface area (Å²) < 4.78 is 35.6. The summed E-state index contributed by atoms with van der Waals surface area (Å²) in [6, 6.07) is 14.0. The predicted octanol–water partition coefficient (Wildman–Crippen LogP) is 5.69. The summed E-state index contributed by atoms with van der Waals surface area (Å²) in [5.74, 6) is 0.859. The van der Waals surface area contributed by atoms with Crippen LogP contribution in [0.5, 0.6) is 5.75 Å². The maximum atomic E-state index is 11.3. The first-order chi connectivity index (χ1) is 16.5. The molecule has 186 valence electrons. The number of hydrogen-bond acceptors (Lipinski definition) is 6. The Bertz CT molecular complexity index is 1310. The highest BCUT2D eigenvalue weighted by molar-refractivity contribution is 7.91. The number of rotatable bonds is 11. The molecule has 0 bridgehead atoms. The quantitative estimate of drug-likeness (QED) is 0.249. The van der Waals surface area contributed by atoms with Crippen LogP contribution >= 0.6 is 23.2 Å². The largest absolute Gasteiger partial charge is 0.491 e. The molecule has 3 rings (SSSR count). The van der Waals surface area contributed by atoms with Crippen LogP contribution in [0.3, 0.4) is 0 Å². The lowest BCUT2D eigenvalue weighted by molar-refractivity contribution is 0.317. The van der Waals surface area contributed by atoms with Crippen LogP contribution in [0.4, 0.5) is 6.01 Å². The van der Waals surface area contributed by atoms with Gasteiger partial charge in [-0.2, -0.15) is 10.2 Å². The number of hydrogen-bond donors (Lipinski definition) is 1. The Hall–Kier alpha value is -2.73. The van der Waals surface area contributed by atoms with Crippen molar-refractivity contribution >= 4 is 39.2 Å². The van der Waals surface area contributed by atoms with Crippen molar-refractivity contribution in [1.82, 2.24) is 4.98 Å². The van der Waals surface area contributed by atoms with E-state index in [-0.39, 0.29) is 6.01 Å². The Balaban J connectivity index is 1.72. The minimum Gasteiger partial charge on any atom is -0.491 e. The highest BCUT2D eigenvalue weighted by atomic mass is 35.5. The second kappa shape index (κ2) is 11.3. The lowest BCUT2D eigenvalue weighted by Crippen LogP contribution is -2.19. The van der Waals surface area contributed by atoms with Crippen molar-refractivity contribution in [3.63, 3.8) is 0 Å². The number of anilines is 1. The van der Waals surface area contributed by atoms with E-state index >= 15 is 0 Å². The molecule has 1 heterocycles. The number of nitrogens with zero attached hydrogens (tertiary/aromatic N) is 2. The molecule has 35 heavy (non-hydrogen) atoms. The fourth-order valence-electron chi connectivity index (χ4n) is 3.57. The fraction of sp³-hybridized carbons (Fsp3) is 0.360. The standard InChI is InChI=1S/C25H27Cl2N3O4S/c1-25(2,20-13-18(15-28)23(22(27)14-20)33-12-4-11-26)19-8-5-17(6-9-19)7-10-21-16-34-24(29-21)30-35(3,31)32/h5-6,8-9,13-14,16H,4,7,10-12H2,1-3H3,(H,29,30). The van der Waals surface area contributed by atoms with Crippen LogP contribution in [0.15, 0.2) is 47.1 Å². The molecule has 0 saturated heterocycles. The van der Waals surface area contributed by atoms with E-state index in [1.807, 2.05) is 24.3 Å². The number of halogens is 2. The molecule has 0 aliphatic heterocycles. The van der Waals surface area contributed by atoms with Crippen molar-refractivity contribution in [2.24, 2.45) is 0 Å². The zero-order valence-corrected chi connectivity index (χ0v) is 22.1. The van der Waals surface area contributed by atoms with E-state index < -0.39 is 15.4 Å². The number of nitriles is 1. The van der Waals surface area contributed by atoms with Crippen LogP contribution in [0.1, 0.15) is 48.2 Å². The second-order valence-corrected chi connectivity index (χ2v) is 11.2. The third-order valence-corrected chi connectivity index (χ3v) is 6.67. The molecule has 1 aromatic heterocycles. The minimum absolute atomic E-state index is 0.0366. The van der Waals surface area contributed by atoms with Crippen LogP contribution in [0, 0.1) is 11.3 Å². The van der Waals surface area contributed by atoms with E-state index in [9.17, 15) is 13.7 Å². The van der Waals surface area contributed by atoms with Gasteiger partial charge in [-0.05, 0) is 48.1 Å². The molecule has 0 spiro atoms. The number of aromatic nitrogens is 1. The summed E-state index contributed by atoms with van der Waals surface area (Å²) in [6.07, 6.45) is 4.47. The Labute approximate surface area is 216 Å².